The lowest BCUT2D eigenvalue weighted by Gasteiger charge is -2.09. The summed E-state index contributed by atoms with van der Waals surface area (Å²) in [5, 5.41) is 3.77. The van der Waals surface area contributed by atoms with Crippen molar-refractivity contribution < 1.29 is 9.53 Å². The van der Waals surface area contributed by atoms with Crippen LogP contribution in [0.4, 0.5) is 11.4 Å². The summed E-state index contributed by atoms with van der Waals surface area (Å²) >= 11 is 1.42. The van der Waals surface area contributed by atoms with Crippen molar-refractivity contribution in [3.8, 4) is 5.75 Å². The maximum Gasteiger partial charge on any atom is 0.267 e. The van der Waals surface area contributed by atoms with Crippen molar-refractivity contribution in [3.63, 3.8) is 0 Å². The molecule has 2 rings (SSSR count). The van der Waals surface area contributed by atoms with Crippen LogP contribution in [0.25, 0.3) is 0 Å². The minimum Gasteiger partial charge on any atom is -0.495 e. The molecule has 22 heavy (non-hydrogen) atoms. The van der Waals surface area contributed by atoms with Gasteiger partial charge in [0.1, 0.15) is 10.6 Å². The van der Waals surface area contributed by atoms with Gasteiger partial charge in [0, 0.05) is 5.69 Å². The van der Waals surface area contributed by atoms with Crippen LogP contribution in [0.3, 0.4) is 0 Å². The third kappa shape index (κ3) is 3.76. The zero-order valence-electron chi connectivity index (χ0n) is 13.3. The predicted octanol–water partition coefficient (Wildman–Crippen LogP) is 3.49. The number of anilines is 2. The number of hydrogen-bond donors (Lipinski definition) is 2. The van der Waals surface area contributed by atoms with Crippen LogP contribution in [0.15, 0.2) is 18.2 Å². The van der Waals surface area contributed by atoms with Crippen molar-refractivity contribution in [3.05, 3.63) is 33.8 Å². The summed E-state index contributed by atoms with van der Waals surface area (Å²) in [6, 6.07) is 5.19. The SMILES string of the molecule is COc1ccc(NC(=O)c2sc(C)nc2CC(C)C)cc1N. The van der Waals surface area contributed by atoms with Gasteiger partial charge in [-0.3, -0.25) is 4.79 Å². The normalized spacial score (nSPS) is 10.8. The lowest BCUT2D eigenvalue weighted by atomic mass is 10.1. The van der Waals surface area contributed by atoms with E-state index in [0.717, 1.165) is 17.1 Å². The van der Waals surface area contributed by atoms with E-state index in [4.69, 9.17) is 10.5 Å². The molecule has 1 aromatic carbocycles. The molecule has 1 aromatic heterocycles. The number of amides is 1. The molecule has 0 bridgehead atoms. The number of benzene rings is 1. The van der Waals surface area contributed by atoms with Gasteiger partial charge in [-0.25, -0.2) is 4.98 Å². The van der Waals surface area contributed by atoms with Crippen molar-refractivity contribution in [1.29, 1.82) is 0 Å². The van der Waals surface area contributed by atoms with E-state index in [1.807, 2.05) is 6.92 Å². The number of thiazole rings is 1. The van der Waals surface area contributed by atoms with Gasteiger partial charge in [0.2, 0.25) is 0 Å². The molecule has 1 amide bonds. The second kappa shape index (κ2) is 6.79. The number of nitrogen functional groups attached to an aromatic ring is 1. The van der Waals surface area contributed by atoms with Crippen LogP contribution in [0, 0.1) is 12.8 Å². The van der Waals surface area contributed by atoms with Crippen molar-refractivity contribution in [1.82, 2.24) is 4.98 Å². The summed E-state index contributed by atoms with van der Waals surface area (Å²) in [6.07, 6.45) is 0.790. The molecule has 0 fully saturated rings. The highest BCUT2D eigenvalue weighted by molar-refractivity contribution is 7.13. The van der Waals surface area contributed by atoms with Gasteiger partial charge in [-0.2, -0.15) is 0 Å². The minimum atomic E-state index is -0.147. The number of hydrogen-bond acceptors (Lipinski definition) is 5. The quantitative estimate of drug-likeness (QED) is 0.827. The number of rotatable bonds is 5. The highest BCUT2D eigenvalue weighted by Gasteiger charge is 2.18. The van der Waals surface area contributed by atoms with Gasteiger partial charge in [-0.05, 0) is 37.5 Å². The summed E-state index contributed by atoms with van der Waals surface area (Å²) in [7, 11) is 1.56. The second-order valence-corrected chi connectivity index (χ2v) is 6.72. The van der Waals surface area contributed by atoms with Crippen molar-refractivity contribution in [2.45, 2.75) is 27.2 Å². The molecule has 0 unspecified atom stereocenters. The Morgan fingerprint density at radius 2 is 2.18 bits per heavy atom. The van der Waals surface area contributed by atoms with Gasteiger partial charge in [0.05, 0.1) is 23.5 Å². The van der Waals surface area contributed by atoms with Crippen molar-refractivity contribution in [2.75, 3.05) is 18.2 Å². The lowest BCUT2D eigenvalue weighted by Crippen LogP contribution is -2.13. The average Bonchev–Trinajstić information content (AvgIpc) is 2.79. The Labute approximate surface area is 134 Å². The Balaban J connectivity index is 2.20. The Kier molecular flexibility index (Phi) is 5.03. The van der Waals surface area contributed by atoms with E-state index < -0.39 is 0 Å². The number of methoxy groups -OCH3 is 1. The zero-order valence-corrected chi connectivity index (χ0v) is 14.1. The topological polar surface area (TPSA) is 77.2 Å². The number of nitrogens with zero attached hydrogens (tertiary/aromatic N) is 1. The fourth-order valence-electron chi connectivity index (χ4n) is 2.17. The van der Waals surface area contributed by atoms with E-state index >= 15 is 0 Å². The van der Waals surface area contributed by atoms with Crippen LogP contribution in [0.5, 0.6) is 5.75 Å². The fourth-order valence-corrected chi connectivity index (χ4v) is 3.01. The molecule has 0 saturated heterocycles. The molecular formula is C16H21N3O2S. The van der Waals surface area contributed by atoms with Crippen LogP contribution >= 0.6 is 11.3 Å². The number of aryl methyl sites for hydroxylation is 1. The minimum absolute atomic E-state index is 0.147. The molecule has 0 saturated carbocycles. The second-order valence-electron chi connectivity index (χ2n) is 5.52. The average molecular weight is 319 g/mol. The molecule has 6 heteroatoms. The van der Waals surface area contributed by atoms with Gasteiger partial charge in [0.15, 0.2) is 0 Å². The van der Waals surface area contributed by atoms with Gasteiger partial charge in [-0.1, -0.05) is 13.8 Å². The summed E-state index contributed by atoms with van der Waals surface area (Å²) in [4.78, 5) is 17.6. The van der Waals surface area contributed by atoms with E-state index in [1.165, 1.54) is 11.3 Å². The molecule has 3 N–H and O–H groups in total. The molecule has 2 aromatic rings. The molecule has 118 valence electrons. The first-order valence-corrected chi connectivity index (χ1v) is 7.93. The number of carbonyl (C=O) groups is 1. The van der Waals surface area contributed by atoms with Crippen LogP contribution in [0.2, 0.25) is 0 Å². The fraction of sp³-hybridized carbons (Fsp3) is 0.375. The number of aromatic nitrogens is 1. The maximum absolute atomic E-state index is 12.5. The van der Waals surface area contributed by atoms with Crippen LogP contribution in [0.1, 0.15) is 34.2 Å². The standard InChI is InChI=1S/C16H21N3O2S/c1-9(2)7-13-15(22-10(3)18-13)16(20)19-11-5-6-14(21-4)12(17)8-11/h5-6,8-9H,7,17H2,1-4H3,(H,19,20). The number of nitrogens with two attached hydrogens (primary N) is 1. The monoisotopic (exact) mass is 319 g/mol. The highest BCUT2D eigenvalue weighted by atomic mass is 32.1. The molecule has 0 aliphatic carbocycles. The predicted molar refractivity (Wildman–Crippen MR) is 90.8 cm³/mol. The molecule has 1 heterocycles. The molecular weight excluding hydrogens is 298 g/mol. The summed E-state index contributed by atoms with van der Waals surface area (Å²) in [5.41, 5.74) is 7.85. The zero-order chi connectivity index (χ0) is 16.3. The Morgan fingerprint density at radius 3 is 2.77 bits per heavy atom. The first-order valence-electron chi connectivity index (χ1n) is 7.12. The summed E-state index contributed by atoms with van der Waals surface area (Å²) in [5.74, 6) is 0.891. The number of nitrogens with one attached hydrogen (secondary N) is 1. The van der Waals surface area contributed by atoms with Gasteiger partial charge in [0.25, 0.3) is 5.91 Å². The molecule has 5 nitrogen and oxygen atoms in total. The van der Waals surface area contributed by atoms with Crippen molar-refractivity contribution >= 4 is 28.6 Å². The van der Waals surface area contributed by atoms with Gasteiger partial charge >= 0.3 is 0 Å². The van der Waals surface area contributed by atoms with E-state index in [2.05, 4.69) is 24.1 Å². The smallest absolute Gasteiger partial charge is 0.267 e. The van der Waals surface area contributed by atoms with E-state index in [-0.39, 0.29) is 5.91 Å². The summed E-state index contributed by atoms with van der Waals surface area (Å²) in [6.45, 7) is 6.14. The Bertz CT molecular complexity index is 680. The Morgan fingerprint density at radius 1 is 1.45 bits per heavy atom. The van der Waals surface area contributed by atoms with Gasteiger partial charge < -0.3 is 15.8 Å². The maximum atomic E-state index is 12.5. The summed E-state index contributed by atoms with van der Waals surface area (Å²) < 4.78 is 5.11. The lowest BCUT2D eigenvalue weighted by molar-refractivity contribution is 0.102. The number of carbonyl (C=O) groups excluding carboxylic acids is 1. The molecule has 0 spiro atoms. The van der Waals surface area contributed by atoms with Gasteiger partial charge in [-0.15, -0.1) is 11.3 Å². The van der Waals surface area contributed by atoms with Crippen LogP contribution < -0.4 is 15.8 Å². The third-order valence-corrected chi connectivity index (χ3v) is 4.11. The van der Waals surface area contributed by atoms with E-state index in [9.17, 15) is 4.79 Å². The van der Waals surface area contributed by atoms with Crippen LogP contribution in [-0.4, -0.2) is 18.0 Å². The largest absolute Gasteiger partial charge is 0.495 e. The third-order valence-electron chi connectivity index (χ3n) is 3.10. The van der Waals surface area contributed by atoms with Crippen molar-refractivity contribution in [2.24, 2.45) is 5.92 Å². The first-order chi connectivity index (χ1) is 10.4. The van der Waals surface area contributed by atoms with E-state index in [0.29, 0.717) is 27.9 Å². The highest BCUT2D eigenvalue weighted by Crippen LogP contribution is 2.26. The number of ether oxygens (including phenoxy) is 1. The molecule has 0 aliphatic rings. The first kappa shape index (κ1) is 16.3. The molecule has 0 radical (unpaired) electrons. The van der Waals surface area contributed by atoms with E-state index in [1.54, 1.807) is 25.3 Å². The molecule has 0 aliphatic heterocycles. The molecule has 0 atom stereocenters. The Hall–Kier alpha value is -2.08. The van der Waals surface area contributed by atoms with Crippen LogP contribution in [-0.2, 0) is 6.42 Å².